The molecule has 1 amide bonds. The summed E-state index contributed by atoms with van der Waals surface area (Å²) in [4.78, 5) is 18.6. The van der Waals surface area contributed by atoms with E-state index in [-0.39, 0.29) is 12.5 Å². The van der Waals surface area contributed by atoms with Crippen molar-refractivity contribution in [3.05, 3.63) is 65.2 Å². The molecule has 136 valence electrons. The number of anilines is 1. The lowest BCUT2D eigenvalue weighted by atomic mass is 9.91. The average molecular weight is 363 g/mol. The lowest BCUT2D eigenvalue weighted by Gasteiger charge is -2.44. The molecule has 0 bridgehead atoms. The monoisotopic (exact) mass is 363 g/mol. The van der Waals surface area contributed by atoms with E-state index < -0.39 is 11.8 Å². The van der Waals surface area contributed by atoms with Gasteiger partial charge < -0.3 is 16.0 Å². The summed E-state index contributed by atoms with van der Waals surface area (Å²) >= 11 is 0. The molecule has 1 spiro atoms. The van der Waals surface area contributed by atoms with Crippen LogP contribution in [-0.2, 0) is 0 Å². The molecule has 1 saturated heterocycles. The molecule has 0 radical (unpaired) electrons. The van der Waals surface area contributed by atoms with E-state index in [0.29, 0.717) is 29.9 Å². The van der Waals surface area contributed by atoms with E-state index >= 15 is 4.39 Å². The van der Waals surface area contributed by atoms with Crippen LogP contribution in [0, 0.1) is 11.3 Å². The first-order valence-corrected chi connectivity index (χ1v) is 8.69. The maximum atomic E-state index is 15.2. The third-order valence-electron chi connectivity index (χ3n) is 5.08. The van der Waals surface area contributed by atoms with Crippen molar-refractivity contribution >= 4 is 17.4 Å². The van der Waals surface area contributed by atoms with Gasteiger partial charge in [-0.15, -0.1) is 0 Å². The molecular weight excluding hydrogens is 345 g/mol. The third-order valence-corrected chi connectivity index (χ3v) is 5.08. The number of nitrogens with zero attached hydrogens (tertiary/aromatic N) is 3. The number of halogens is 1. The maximum Gasteiger partial charge on any atom is 0.253 e. The first-order valence-electron chi connectivity index (χ1n) is 8.69. The van der Waals surface area contributed by atoms with Crippen LogP contribution < -0.4 is 11.1 Å². The standard InChI is InChI=1S/C20H18FN5O/c21-17-12-26(19(27)14-7-5-13(11-22)6-8-14)10-9-20(17)24-16-4-2-1-3-15(16)18(23)25-20/h1-8,17,24H,9-10,12H2,(H2,23,25)/t17-,20-/m0/s1. The number of rotatable bonds is 1. The fourth-order valence-electron chi connectivity index (χ4n) is 3.57. The minimum absolute atomic E-state index is 0.0786. The number of hydrogen-bond acceptors (Lipinski definition) is 5. The van der Waals surface area contributed by atoms with Gasteiger partial charge in [0.25, 0.3) is 5.91 Å². The Kier molecular flexibility index (Phi) is 4.04. The van der Waals surface area contributed by atoms with Gasteiger partial charge in [-0.3, -0.25) is 4.79 Å². The molecular formula is C20H18FN5O. The highest BCUT2D eigenvalue weighted by Crippen LogP contribution is 2.36. The SMILES string of the molecule is N#Cc1ccc(C(=O)N2CC[C@]3(N=C(N)c4ccccc4N3)[C@@H](F)C2)cc1. The van der Waals surface area contributed by atoms with Gasteiger partial charge >= 0.3 is 0 Å². The molecule has 0 saturated carbocycles. The van der Waals surface area contributed by atoms with Gasteiger partial charge in [-0.25, -0.2) is 9.38 Å². The smallest absolute Gasteiger partial charge is 0.253 e. The molecule has 1 fully saturated rings. The number of carbonyl (C=O) groups is 1. The molecule has 0 unspecified atom stereocenters. The Morgan fingerprint density at radius 3 is 2.74 bits per heavy atom. The highest BCUT2D eigenvalue weighted by molar-refractivity contribution is 6.04. The first kappa shape index (κ1) is 17.0. The average Bonchev–Trinajstić information content (AvgIpc) is 2.70. The molecule has 2 aromatic carbocycles. The number of amidine groups is 1. The van der Waals surface area contributed by atoms with Crippen LogP contribution in [0.5, 0.6) is 0 Å². The minimum Gasteiger partial charge on any atom is -0.383 e. The van der Waals surface area contributed by atoms with E-state index in [1.54, 1.807) is 24.3 Å². The lowest BCUT2D eigenvalue weighted by molar-refractivity contribution is 0.0494. The summed E-state index contributed by atoms with van der Waals surface area (Å²) in [6.45, 7) is 0.274. The minimum atomic E-state index is -1.40. The number of para-hydroxylation sites is 1. The molecule has 2 aliphatic rings. The zero-order chi connectivity index (χ0) is 19.0. The predicted octanol–water partition coefficient (Wildman–Crippen LogP) is 2.27. The quantitative estimate of drug-likeness (QED) is 0.813. The van der Waals surface area contributed by atoms with Gasteiger partial charge in [0.1, 0.15) is 5.84 Å². The van der Waals surface area contributed by atoms with Crippen LogP contribution in [-0.4, -0.2) is 41.6 Å². The van der Waals surface area contributed by atoms with Gasteiger partial charge in [0, 0.05) is 29.8 Å². The van der Waals surface area contributed by atoms with Crippen molar-refractivity contribution in [3.63, 3.8) is 0 Å². The van der Waals surface area contributed by atoms with E-state index in [0.717, 1.165) is 11.3 Å². The summed E-state index contributed by atoms with van der Waals surface area (Å²) in [5.74, 6) is 0.0454. The van der Waals surface area contributed by atoms with E-state index in [1.807, 2.05) is 30.3 Å². The number of fused-ring (bicyclic) bond motifs is 1. The highest BCUT2D eigenvalue weighted by atomic mass is 19.1. The number of nitrogens with one attached hydrogen (secondary N) is 1. The first-order chi connectivity index (χ1) is 13.0. The number of likely N-dealkylation sites (tertiary alicyclic amines) is 1. The number of amides is 1. The van der Waals surface area contributed by atoms with Crippen LogP contribution in [0.15, 0.2) is 53.5 Å². The number of hydrogen-bond donors (Lipinski definition) is 2. The number of alkyl halides is 1. The summed E-state index contributed by atoms with van der Waals surface area (Å²) in [7, 11) is 0. The molecule has 0 aromatic heterocycles. The fourth-order valence-corrected chi connectivity index (χ4v) is 3.57. The molecule has 2 atom stereocenters. The Morgan fingerprint density at radius 1 is 1.30 bits per heavy atom. The van der Waals surface area contributed by atoms with Crippen LogP contribution in [0.4, 0.5) is 10.1 Å². The Hall–Kier alpha value is -3.40. The molecule has 2 heterocycles. The molecule has 2 aromatic rings. The lowest BCUT2D eigenvalue weighted by Crippen LogP contribution is -2.59. The summed E-state index contributed by atoms with van der Waals surface area (Å²) < 4.78 is 15.2. The van der Waals surface area contributed by atoms with Crippen LogP contribution in [0.25, 0.3) is 0 Å². The van der Waals surface area contributed by atoms with Gasteiger partial charge in [-0.1, -0.05) is 12.1 Å². The van der Waals surface area contributed by atoms with Crippen LogP contribution in [0.3, 0.4) is 0 Å². The maximum absolute atomic E-state index is 15.2. The normalized spacial score (nSPS) is 23.8. The fraction of sp³-hybridized carbons (Fsp3) is 0.250. The van der Waals surface area contributed by atoms with Crippen molar-refractivity contribution < 1.29 is 9.18 Å². The zero-order valence-corrected chi connectivity index (χ0v) is 14.5. The summed E-state index contributed by atoms with van der Waals surface area (Å²) in [5.41, 5.74) is 7.32. The highest BCUT2D eigenvalue weighted by Gasteiger charge is 2.47. The van der Waals surface area contributed by atoms with Gasteiger partial charge in [-0.05, 0) is 36.4 Å². The molecule has 2 aliphatic heterocycles. The Bertz CT molecular complexity index is 965. The summed E-state index contributed by atoms with van der Waals surface area (Å²) in [5, 5.41) is 12.0. The second-order valence-corrected chi connectivity index (χ2v) is 6.75. The van der Waals surface area contributed by atoms with E-state index in [9.17, 15) is 4.79 Å². The number of aliphatic imine (C=N–C) groups is 1. The Morgan fingerprint density at radius 2 is 2.04 bits per heavy atom. The number of benzene rings is 2. The van der Waals surface area contributed by atoms with Gasteiger partial charge in [0.15, 0.2) is 11.8 Å². The second kappa shape index (κ2) is 6.40. The van der Waals surface area contributed by atoms with Gasteiger partial charge in [-0.2, -0.15) is 5.26 Å². The van der Waals surface area contributed by atoms with Crippen molar-refractivity contribution in [2.24, 2.45) is 10.7 Å². The number of piperidine rings is 1. The third kappa shape index (κ3) is 2.89. The van der Waals surface area contributed by atoms with E-state index in [1.165, 1.54) is 4.90 Å². The van der Waals surface area contributed by atoms with Crippen LogP contribution in [0.1, 0.15) is 27.9 Å². The summed E-state index contributed by atoms with van der Waals surface area (Å²) in [6.07, 6.45) is -1.09. The topological polar surface area (TPSA) is 94.5 Å². The Balaban J connectivity index is 1.54. The second-order valence-electron chi connectivity index (χ2n) is 6.75. The number of nitriles is 1. The number of carbonyl (C=O) groups excluding carboxylic acids is 1. The molecule has 0 aliphatic carbocycles. The van der Waals surface area contributed by atoms with Crippen molar-refractivity contribution in [1.29, 1.82) is 5.26 Å². The molecule has 7 heteroatoms. The Labute approximate surface area is 156 Å². The van der Waals surface area contributed by atoms with Crippen molar-refractivity contribution in [1.82, 2.24) is 4.90 Å². The summed E-state index contributed by atoms with van der Waals surface area (Å²) in [6, 6.07) is 15.7. The molecule has 3 N–H and O–H groups in total. The van der Waals surface area contributed by atoms with Crippen molar-refractivity contribution in [2.75, 3.05) is 18.4 Å². The zero-order valence-electron chi connectivity index (χ0n) is 14.5. The van der Waals surface area contributed by atoms with E-state index in [4.69, 9.17) is 11.0 Å². The van der Waals surface area contributed by atoms with Gasteiger partial charge in [0.2, 0.25) is 0 Å². The largest absolute Gasteiger partial charge is 0.383 e. The molecule has 4 rings (SSSR count). The van der Waals surface area contributed by atoms with Crippen LogP contribution in [0.2, 0.25) is 0 Å². The van der Waals surface area contributed by atoms with Crippen LogP contribution >= 0.6 is 0 Å². The predicted molar refractivity (Wildman–Crippen MR) is 100 cm³/mol. The molecule has 27 heavy (non-hydrogen) atoms. The molecule has 6 nitrogen and oxygen atoms in total. The van der Waals surface area contributed by atoms with E-state index in [2.05, 4.69) is 10.3 Å². The van der Waals surface area contributed by atoms with Crippen molar-refractivity contribution in [2.45, 2.75) is 18.3 Å². The van der Waals surface area contributed by atoms with Crippen molar-refractivity contribution in [3.8, 4) is 6.07 Å². The van der Waals surface area contributed by atoms with Gasteiger partial charge in [0.05, 0.1) is 18.2 Å². The number of nitrogens with two attached hydrogens (primary N) is 1.